The fourth-order valence-electron chi connectivity index (χ4n) is 3.67. The predicted molar refractivity (Wildman–Crippen MR) is 121 cm³/mol. The van der Waals surface area contributed by atoms with Crippen molar-refractivity contribution in [3.63, 3.8) is 0 Å². The molecule has 0 atom stereocenters. The molecule has 0 unspecified atom stereocenters. The van der Waals surface area contributed by atoms with Gasteiger partial charge in [0.05, 0.1) is 17.6 Å². The molecule has 31 heavy (non-hydrogen) atoms. The van der Waals surface area contributed by atoms with E-state index in [1.165, 1.54) is 5.56 Å². The third-order valence-electron chi connectivity index (χ3n) is 5.21. The fourth-order valence-corrected chi connectivity index (χ4v) is 3.67. The number of pyridine rings is 1. The maximum atomic E-state index is 12.3. The molecule has 4 aromatic rings. The number of ether oxygens (including phenoxy) is 1. The zero-order chi connectivity index (χ0) is 21.6. The molecule has 0 aliphatic rings. The van der Waals surface area contributed by atoms with Gasteiger partial charge in [0.2, 0.25) is 0 Å². The molecule has 0 saturated heterocycles. The van der Waals surface area contributed by atoms with Crippen LogP contribution in [0.1, 0.15) is 27.3 Å². The van der Waals surface area contributed by atoms with Crippen molar-refractivity contribution in [3.05, 3.63) is 89.5 Å². The van der Waals surface area contributed by atoms with Gasteiger partial charge in [-0.2, -0.15) is 0 Å². The zero-order valence-corrected chi connectivity index (χ0v) is 17.8. The van der Waals surface area contributed by atoms with E-state index in [4.69, 9.17) is 9.72 Å². The molecule has 0 aliphatic carbocycles. The van der Waals surface area contributed by atoms with Crippen LogP contribution in [0.2, 0.25) is 0 Å². The van der Waals surface area contributed by atoms with Gasteiger partial charge in [-0.1, -0.05) is 29.8 Å². The molecule has 0 spiro atoms. The molecule has 0 radical (unpaired) electrons. The van der Waals surface area contributed by atoms with Crippen LogP contribution in [-0.2, 0) is 13.0 Å². The smallest absolute Gasteiger partial charge is 0.251 e. The molecule has 6 nitrogen and oxygen atoms in total. The number of carbonyl (C=O) groups is 1. The Bertz CT molecular complexity index is 1180. The van der Waals surface area contributed by atoms with E-state index in [-0.39, 0.29) is 5.91 Å². The monoisotopic (exact) mass is 414 g/mol. The van der Waals surface area contributed by atoms with Gasteiger partial charge in [0.15, 0.2) is 0 Å². The van der Waals surface area contributed by atoms with Crippen molar-refractivity contribution in [1.82, 2.24) is 19.9 Å². The molecular formula is C25H26N4O2. The molecular weight excluding hydrogens is 388 g/mol. The lowest BCUT2D eigenvalue weighted by molar-refractivity contribution is 0.0953. The second kappa shape index (κ2) is 9.43. The topological polar surface area (TPSA) is 69.0 Å². The number of carbonyl (C=O) groups excluding carboxylic acids is 1. The maximum Gasteiger partial charge on any atom is 0.251 e. The van der Waals surface area contributed by atoms with Crippen LogP contribution in [0, 0.1) is 13.8 Å². The Hall–Kier alpha value is -3.67. The van der Waals surface area contributed by atoms with E-state index < -0.39 is 0 Å². The van der Waals surface area contributed by atoms with E-state index in [0.717, 1.165) is 28.2 Å². The van der Waals surface area contributed by atoms with E-state index in [0.29, 0.717) is 31.7 Å². The molecule has 2 aromatic carbocycles. The average Bonchev–Trinajstić information content (AvgIpc) is 3.13. The standard InChI is InChI=1S/C25H26N4O2/c1-18-7-8-23(19(2)17-18)31-16-15-29-22-6-4-3-5-21(22)28-24(29)11-14-27-25(30)20-9-12-26-13-10-20/h3-10,12-13,17H,11,14-16H2,1-2H3,(H,27,30). The Balaban J connectivity index is 1.43. The number of benzene rings is 2. The van der Waals surface area contributed by atoms with Gasteiger partial charge in [0, 0.05) is 30.9 Å². The van der Waals surface area contributed by atoms with Crippen LogP contribution in [-0.4, -0.2) is 33.6 Å². The van der Waals surface area contributed by atoms with Crippen LogP contribution in [0.4, 0.5) is 0 Å². The number of rotatable bonds is 8. The summed E-state index contributed by atoms with van der Waals surface area (Å²) in [6.07, 6.45) is 3.86. The number of hydrogen-bond donors (Lipinski definition) is 1. The molecule has 0 bridgehead atoms. The normalized spacial score (nSPS) is 10.9. The number of imidazole rings is 1. The molecule has 1 amide bonds. The van der Waals surface area contributed by atoms with Gasteiger partial charge in [-0.05, 0) is 49.7 Å². The number of nitrogens with one attached hydrogen (secondary N) is 1. The predicted octanol–water partition coefficient (Wildman–Crippen LogP) is 4.10. The van der Waals surface area contributed by atoms with Crippen molar-refractivity contribution in [1.29, 1.82) is 0 Å². The van der Waals surface area contributed by atoms with Crippen molar-refractivity contribution in [2.24, 2.45) is 0 Å². The van der Waals surface area contributed by atoms with E-state index in [1.807, 2.05) is 24.3 Å². The number of aryl methyl sites for hydroxylation is 2. The summed E-state index contributed by atoms with van der Waals surface area (Å²) in [5.41, 5.74) is 4.98. The Morgan fingerprint density at radius 1 is 1.06 bits per heavy atom. The summed E-state index contributed by atoms with van der Waals surface area (Å²) < 4.78 is 8.22. The quantitative estimate of drug-likeness (QED) is 0.471. The number of aromatic nitrogens is 3. The Kier molecular flexibility index (Phi) is 6.26. The summed E-state index contributed by atoms with van der Waals surface area (Å²) >= 11 is 0. The molecule has 2 heterocycles. The number of fused-ring (bicyclic) bond motifs is 1. The van der Waals surface area contributed by atoms with E-state index in [2.05, 4.69) is 46.9 Å². The number of amides is 1. The van der Waals surface area contributed by atoms with E-state index in [1.54, 1.807) is 24.5 Å². The molecule has 0 aliphatic heterocycles. The van der Waals surface area contributed by atoms with Gasteiger partial charge in [-0.15, -0.1) is 0 Å². The largest absolute Gasteiger partial charge is 0.491 e. The van der Waals surface area contributed by atoms with Crippen LogP contribution < -0.4 is 10.1 Å². The van der Waals surface area contributed by atoms with Gasteiger partial charge in [0.1, 0.15) is 18.2 Å². The van der Waals surface area contributed by atoms with Gasteiger partial charge in [0.25, 0.3) is 5.91 Å². The highest BCUT2D eigenvalue weighted by atomic mass is 16.5. The lowest BCUT2D eigenvalue weighted by Crippen LogP contribution is -2.26. The molecule has 1 N–H and O–H groups in total. The minimum Gasteiger partial charge on any atom is -0.491 e. The highest BCUT2D eigenvalue weighted by Crippen LogP contribution is 2.20. The van der Waals surface area contributed by atoms with Crippen molar-refractivity contribution in [3.8, 4) is 5.75 Å². The third-order valence-corrected chi connectivity index (χ3v) is 5.21. The van der Waals surface area contributed by atoms with Crippen LogP contribution in [0.25, 0.3) is 11.0 Å². The van der Waals surface area contributed by atoms with Crippen LogP contribution in [0.5, 0.6) is 5.75 Å². The lowest BCUT2D eigenvalue weighted by atomic mass is 10.1. The lowest BCUT2D eigenvalue weighted by Gasteiger charge is -2.13. The summed E-state index contributed by atoms with van der Waals surface area (Å²) in [4.78, 5) is 21.0. The molecule has 4 rings (SSSR count). The SMILES string of the molecule is Cc1ccc(OCCn2c(CCNC(=O)c3ccncc3)nc3ccccc32)c(C)c1. The third kappa shape index (κ3) is 4.91. The van der Waals surface area contributed by atoms with Crippen LogP contribution >= 0.6 is 0 Å². The summed E-state index contributed by atoms with van der Waals surface area (Å²) in [6.45, 7) is 5.87. The van der Waals surface area contributed by atoms with Gasteiger partial charge in [-0.25, -0.2) is 4.98 Å². The Morgan fingerprint density at radius 2 is 1.87 bits per heavy atom. The number of hydrogen-bond acceptors (Lipinski definition) is 4. The second-order valence-electron chi connectivity index (χ2n) is 7.53. The zero-order valence-electron chi connectivity index (χ0n) is 17.8. The second-order valence-corrected chi connectivity index (χ2v) is 7.53. The van der Waals surface area contributed by atoms with Crippen molar-refractivity contribution in [2.75, 3.05) is 13.2 Å². The first-order valence-electron chi connectivity index (χ1n) is 10.4. The van der Waals surface area contributed by atoms with Gasteiger partial charge < -0.3 is 14.6 Å². The van der Waals surface area contributed by atoms with E-state index in [9.17, 15) is 4.79 Å². The highest BCUT2D eigenvalue weighted by molar-refractivity contribution is 5.93. The Morgan fingerprint density at radius 3 is 2.68 bits per heavy atom. The minimum atomic E-state index is -0.108. The first-order valence-corrected chi connectivity index (χ1v) is 10.4. The molecule has 158 valence electrons. The molecule has 0 saturated carbocycles. The average molecular weight is 415 g/mol. The van der Waals surface area contributed by atoms with Gasteiger partial charge >= 0.3 is 0 Å². The highest BCUT2D eigenvalue weighted by Gasteiger charge is 2.12. The van der Waals surface area contributed by atoms with Crippen molar-refractivity contribution < 1.29 is 9.53 Å². The minimum absolute atomic E-state index is 0.108. The van der Waals surface area contributed by atoms with Gasteiger partial charge in [-0.3, -0.25) is 9.78 Å². The summed E-state index contributed by atoms with van der Waals surface area (Å²) in [5.74, 6) is 1.73. The fraction of sp³-hybridized carbons (Fsp3) is 0.240. The first kappa shape index (κ1) is 20.6. The summed E-state index contributed by atoms with van der Waals surface area (Å²) in [7, 11) is 0. The molecule has 2 aromatic heterocycles. The molecule has 0 fully saturated rings. The number of nitrogens with zero attached hydrogens (tertiary/aromatic N) is 3. The Labute approximate surface area is 181 Å². The number of para-hydroxylation sites is 2. The van der Waals surface area contributed by atoms with Crippen molar-refractivity contribution in [2.45, 2.75) is 26.8 Å². The maximum absolute atomic E-state index is 12.3. The van der Waals surface area contributed by atoms with Crippen molar-refractivity contribution >= 4 is 16.9 Å². The first-order chi connectivity index (χ1) is 15.1. The summed E-state index contributed by atoms with van der Waals surface area (Å²) in [6, 6.07) is 17.7. The van der Waals surface area contributed by atoms with Crippen LogP contribution in [0.3, 0.4) is 0 Å². The summed E-state index contributed by atoms with van der Waals surface area (Å²) in [5, 5.41) is 2.96. The molecule has 6 heteroatoms. The van der Waals surface area contributed by atoms with E-state index >= 15 is 0 Å². The van der Waals surface area contributed by atoms with Crippen LogP contribution in [0.15, 0.2) is 67.0 Å².